The maximum atomic E-state index is 5.47. The van der Waals surface area contributed by atoms with Gasteiger partial charge in [-0.3, -0.25) is 4.99 Å². The molecule has 2 aliphatic rings. The quantitative estimate of drug-likeness (QED) is 0.338. The van der Waals surface area contributed by atoms with E-state index in [0.717, 1.165) is 43.2 Å². The van der Waals surface area contributed by atoms with Crippen LogP contribution < -0.4 is 4.90 Å². The Morgan fingerprint density at radius 2 is 1.83 bits per heavy atom. The molecule has 0 bridgehead atoms. The largest absolute Gasteiger partial charge is 0.378 e. The summed E-state index contributed by atoms with van der Waals surface area (Å²) in [5.41, 5.74) is 8.86. The lowest BCUT2D eigenvalue weighted by Crippen LogP contribution is -2.36. The molecule has 2 aliphatic heterocycles. The van der Waals surface area contributed by atoms with E-state index in [1.165, 1.54) is 27.1 Å². The summed E-state index contributed by atoms with van der Waals surface area (Å²) in [5.74, 6) is 1.01. The third kappa shape index (κ3) is 4.40. The lowest BCUT2D eigenvalue weighted by molar-refractivity contribution is 0.122. The molecule has 0 aliphatic carbocycles. The first-order chi connectivity index (χ1) is 17.7. The number of aromatic nitrogens is 2. The van der Waals surface area contributed by atoms with Crippen LogP contribution in [-0.4, -0.2) is 53.6 Å². The van der Waals surface area contributed by atoms with Crippen LogP contribution in [0.2, 0.25) is 0 Å². The van der Waals surface area contributed by atoms with Crippen molar-refractivity contribution in [3.05, 3.63) is 83.5 Å². The van der Waals surface area contributed by atoms with E-state index in [9.17, 15) is 0 Å². The summed E-state index contributed by atoms with van der Waals surface area (Å²) in [4.78, 5) is 18.6. The van der Waals surface area contributed by atoms with Crippen molar-refractivity contribution < 1.29 is 4.74 Å². The molecule has 0 spiro atoms. The fourth-order valence-electron chi connectivity index (χ4n) is 5.06. The van der Waals surface area contributed by atoms with Crippen molar-refractivity contribution in [2.45, 2.75) is 26.1 Å². The number of hydrogen-bond donors (Lipinski definition) is 0. The highest BCUT2D eigenvalue weighted by Gasteiger charge is 2.26. The Labute approximate surface area is 215 Å². The van der Waals surface area contributed by atoms with E-state index >= 15 is 0 Å². The second kappa shape index (κ2) is 9.84. The van der Waals surface area contributed by atoms with Gasteiger partial charge < -0.3 is 14.5 Å². The van der Waals surface area contributed by atoms with E-state index in [1.807, 2.05) is 17.9 Å². The van der Waals surface area contributed by atoms with Crippen molar-refractivity contribution in [2.24, 2.45) is 4.99 Å². The van der Waals surface area contributed by atoms with Gasteiger partial charge in [0.25, 0.3) is 0 Å². The zero-order chi connectivity index (χ0) is 24.5. The van der Waals surface area contributed by atoms with Crippen molar-refractivity contribution in [1.82, 2.24) is 14.9 Å². The highest BCUT2D eigenvalue weighted by atomic mass is 32.1. The first-order valence-electron chi connectivity index (χ1n) is 12.4. The van der Waals surface area contributed by atoms with Crippen LogP contribution in [0.1, 0.15) is 31.0 Å². The van der Waals surface area contributed by atoms with E-state index < -0.39 is 0 Å². The predicted octanol–water partition coefficient (Wildman–Crippen LogP) is 6.03. The van der Waals surface area contributed by atoms with Gasteiger partial charge in [-0.1, -0.05) is 24.3 Å². The second-order valence-corrected chi connectivity index (χ2v) is 10.1. The number of pyridine rings is 1. The molecule has 0 saturated carbocycles. The van der Waals surface area contributed by atoms with E-state index in [1.54, 1.807) is 11.3 Å². The monoisotopic (exact) mass is 495 g/mol. The first-order valence-corrected chi connectivity index (χ1v) is 13.3. The SMILES string of the molecule is CC1N=CC=C(c2ccc3ncsc3c2)N1[C@@H](C)c1cccc(-c2ccc(N3CCOCC3)nc2)c1. The normalized spacial score (nSPS) is 18.9. The fraction of sp³-hybridized carbons (Fsp3) is 0.276. The van der Waals surface area contributed by atoms with Crippen molar-refractivity contribution in [2.75, 3.05) is 31.2 Å². The molecule has 2 aromatic heterocycles. The van der Waals surface area contributed by atoms with Crippen LogP contribution in [0.4, 0.5) is 5.82 Å². The second-order valence-electron chi connectivity index (χ2n) is 9.23. The summed E-state index contributed by atoms with van der Waals surface area (Å²) in [6, 6.07) is 19.7. The molecule has 1 unspecified atom stereocenters. The highest BCUT2D eigenvalue weighted by molar-refractivity contribution is 7.16. The number of aliphatic imine (C=N–C) groups is 1. The molecule has 36 heavy (non-hydrogen) atoms. The van der Waals surface area contributed by atoms with Crippen LogP contribution in [0.3, 0.4) is 0 Å². The number of rotatable bonds is 5. The Balaban J connectivity index is 1.28. The minimum Gasteiger partial charge on any atom is -0.378 e. The molecule has 4 aromatic rings. The summed E-state index contributed by atoms with van der Waals surface area (Å²) < 4.78 is 6.67. The standard InChI is InChI=1S/C29H29N5OS/c1-20(34-21(2)30-11-10-27(34)24-6-8-26-28(17-24)36-19-32-26)22-4-3-5-23(16-22)25-7-9-29(31-18-25)33-12-14-35-15-13-33/h3-11,16-21H,12-15H2,1-2H3/t20-,21?/m0/s1. The number of fused-ring (bicyclic) bond motifs is 1. The Bertz CT molecular complexity index is 1420. The molecule has 0 N–H and O–H groups in total. The minimum atomic E-state index is 0.0373. The van der Waals surface area contributed by atoms with Crippen molar-refractivity contribution in [3.63, 3.8) is 0 Å². The van der Waals surface area contributed by atoms with Crippen LogP contribution in [0.25, 0.3) is 27.0 Å². The lowest BCUT2D eigenvalue weighted by Gasteiger charge is -2.38. The van der Waals surface area contributed by atoms with Gasteiger partial charge in [0.1, 0.15) is 12.0 Å². The Hall–Kier alpha value is -3.55. The number of thiazole rings is 1. The van der Waals surface area contributed by atoms with Gasteiger partial charge in [-0.15, -0.1) is 11.3 Å². The molecule has 0 radical (unpaired) electrons. The van der Waals surface area contributed by atoms with E-state index in [2.05, 4.69) is 89.3 Å². The topological polar surface area (TPSA) is 53.9 Å². The molecule has 182 valence electrons. The number of benzene rings is 2. The molecule has 7 heteroatoms. The van der Waals surface area contributed by atoms with E-state index in [4.69, 9.17) is 14.7 Å². The predicted molar refractivity (Wildman–Crippen MR) is 149 cm³/mol. The third-order valence-corrected chi connectivity index (χ3v) is 7.84. The lowest BCUT2D eigenvalue weighted by atomic mass is 9.98. The Kier molecular flexibility index (Phi) is 6.25. The average molecular weight is 496 g/mol. The number of anilines is 1. The molecule has 0 amide bonds. The molecule has 2 aromatic carbocycles. The molecular weight excluding hydrogens is 466 g/mol. The van der Waals surface area contributed by atoms with E-state index in [-0.39, 0.29) is 12.2 Å². The van der Waals surface area contributed by atoms with Gasteiger partial charge >= 0.3 is 0 Å². The van der Waals surface area contributed by atoms with Crippen LogP contribution in [0, 0.1) is 0 Å². The van der Waals surface area contributed by atoms with Crippen molar-refractivity contribution in [1.29, 1.82) is 0 Å². The maximum Gasteiger partial charge on any atom is 0.128 e. The smallest absolute Gasteiger partial charge is 0.128 e. The van der Waals surface area contributed by atoms with Gasteiger partial charge in [0.2, 0.25) is 0 Å². The summed E-state index contributed by atoms with van der Waals surface area (Å²) in [6.45, 7) is 7.72. The van der Waals surface area contributed by atoms with Gasteiger partial charge in [0.05, 0.1) is 35.0 Å². The average Bonchev–Trinajstić information content (AvgIpc) is 3.41. The highest BCUT2D eigenvalue weighted by Crippen LogP contribution is 2.36. The molecule has 4 heterocycles. The number of nitrogens with zero attached hydrogens (tertiary/aromatic N) is 5. The fourth-order valence-corrected chi connectivity index (χ4v) is 5.78. The van der Waals surface area contributed by atoms with Crippen molar-refractivity contribution in [3.8, 4) is 11.1 Å². The molecular formula is C29H29N5OS. The summed E-state index contributed by atoms with van der Waals surface area (Å²) in [7, 11) is 0. The third-order valence-electron chi connectivity index (χ3n) is 7.04. The van der Waals surface area contributed by atoms with Crippen LogP contribution in [-0.2, 0) is 4.74 Å². The summed E-state index contributed by atoms with van der Waals surface area (Å²) in [6.07, 6.45) is 6.07. The van der Waals surface area contributed by atoms with E-state index in [0.29, 0.717) is 0 Å². The zero-order valence-electron chi connectivity index (χ0n) is 20.5. The molecule has 6 rings (SSSR count). The molecule has 6 nitrogen and oxygen atoms in total. The first kappa shape index (κ1) is 22.9. The van der Waals surface area contributed by atoms with Gasteiger partial charge in [-0.2, -0.15) is 0 Å². The van der Waals surface area contributed by atoms with Crippen LogP contribution in [0.5, 0.6) is 0 Å². The molecule has 2 atom stereocenters. The summed E-state index contributed by atoms with van der Waals surface area (Å²) in [5, 5.41) is 0. The van der Waals surface area contributed by atoms with Crippen molar-refractivity contribution >= 4 is 39.3 Å². The molecule has 1 fully saturated rings. The van der Waals surface area contributed by atoms with Crippen LogP contribution in [0.15, 0.2) is 77.4 Å². The Morgan fingerprint density at radius 3 is 2.67 bits per heavy atom. The number of ether oxygens (including phenoxy) is 1. The van der Waals surface area contributed by atoms with Crippen LogP contribution >= 0.6 is 11.3 Å². The summed E-state index contributed by atoms with van der Waals surface area (Å²) >= 11 is 1.68. The minimum absolute atomic E-state index is 0.0373. The van der Waals surface area contributed by atoms with Gasteiger partial charge in [-0.25, -0.2) is 9.97 Å². The number of morpholine rings is 1. The van der Waals surface area contributed by atoms with Gasteiger partial charge in [0.15, 0.2) is 0 Å². The number of allylic oxidation sites excluding steroid dienone is 1. The zero-order valence-corrected chi connectivity index (χ0v) is 21.4. The van der Waals surface area contributed by atoms with Gasteiger partial charge in [0, 0.05) is 36.8 Å². The Morgan fingerprint density at radius 1 is 0.972 bits per heavy atom. The molecule has 1 saturated heterocycles. The van der Waals surface area contributed by atoms with Gasteiger partial charge in [-0.05, 0) is 66.9 Å². The maximum absolute atomic E-state index is 5.47. The number of hydrogen-bond acceptors (Lipinski definition) is 7.